The predicted molar refractivity (Wildman–Crippen MR) is 106 cm³/mol. The Kier molecular flexibility index (Phi) is 3.67. The van der Waals surface area contributed by atoms with Gasteiger partial charge in [0.2, 0.25) is 0 Å². The lowest BCUT2D eigenvalue weighted by atomic mass is 10.1. The first-order valence-electron chi connectivity index (χ1n) is 8.93. The molecule has 0 aliphatic carbocycles. The lowest BCUT2D eigenvalue weighted by Gasteiger charge is -2.34. The van der Waals surface area contributed by atoms with Crippen molar-refractivity contribution in [3.05, 3.63) is 73.0 Å². The van der Waals surface area contributed by atoms with Crippen LogP contribution in [0, 0.1) is 0 Å². The van der Waals surface area contributed by atoms with E-state index in [1.807, 2.05) is 18.5 Å². The van der Waals surface area contributed by atoms with E-state index in [-0.39, 0.29) is 6.17 Å². The predicted octanol–water partition coefficient (Wildman–Crippen LogP) is 3.94. The van der Waals surface area contributed by atoms with Crippen molar-refractivity contribution in [3.63, 3.8) is 0 Å². The van der Waals surface area contributed by atoms with E-state index < -0.39 is 0 Å². The zero-order valence-electron chi connectivity index (χ0n) is 14.9. The van der Waals surface area contributed by atoms with Crippen molar-refractivity contribution in [2.75, 3.05) is 11.4 Å². The fraction of sp³-hybridized carbons (Fsp3) is 0.143. The van der Waals surface area contributed by atoms with Crippen LogP contribution in [0.5, 0.6) is 0 Å². The van der Waals surface area contributed by atoms with Gasteiger partial charge in [-0.2, -0.15) is 0 Å². The molecule has 1 aliphatic rings. The highest BCUT2D eigenvalue weighted by Gasteiger charge is 2.22. The summed E-state index contributed by atoms with van der Waals surface area (Å²) in [5.74, 6) is 0. The van der Waals surface area contributed by atoms with Crippen molar-refractivity contribution in [3.8, 4) is 11.3 Å². The first-order chi connectivity index (χ1) is 13.3. The topological polar surface area (TPSA) is 59.7 Å². The minimum atomic E-state index is 0.0551. The zero-order chi connectivity index (χ0) is 18.2. The van der Waals surface area contributed by atoms with Crippen LogP contribution in [-0.2, 0) is 0 Å². The fourth-order valence-corrected chi connectivity index (χ4v) is 3.52. The van der Waals surface area contributed by atoms with Crippen LogP contribution in [0.3, 0.4) is 0 Å². The van der Waals surface area contributed by atoms with Gasteiger partial charge in [-0.1, -0.05) is 30.4 Å². The van der Waals surface area contributed by atoms with Gasteiger partial charge in [0.05, 0.1) is 11.9 Å². The number of imidazole rings is 1. The van der Waals surface area contributed by atoms with Crippen molar-refractivity contribution in [2.24, 2.45) is 0 Å². The van der Waals surface area contributed by atoms with Crippen LogP contribution in [0.2, 0.25) is 0 Å². The van der Waals surface area contributed by atoms with E-state index in [9.17, 15) is 0 Å². The molecule has 0 spiro atoms. The molecule has 1 atom stereocenters. The minimum Gasteiger partial charge on any atom is -0.347 e. The summed E-state index contributed by atoms with van der Waals surface area (Å²) < 4.78 is 2.08. The molecule has 4 aromatic rings. The van der Waals surface area contributed by atoms with Crippen LogP contribution in [0.15, 0.2) is 67.4 Å². The highest BCUT2D eigenvalue weighted by molar-refractivity contribution is 5.73. The maximum absolute atomic E-state index is 4.83. The van der Waals surface area contributed by atoms with Crippen LogP contribution in [0.25, 0.3) is 28.6 Å². The minimum absolute atomic E-state index is 0.0551. The van der Waals surface area contributed by atoms with E-state index in [1.165, 1.54) is 11.3 Å². The smallest absolute Gasteiger partial charge is 0.197 e. The average molecular weight is 354 g/mol. The summed E-state index contributed by atoms with van der Waals surface area (Å²) in [4.78, 5) is 20.3. The number of nitrogens with zero attached hydrogens (tertiary/aromatic N) is 6. The second-order valence-corrected chi connectivity index (χ2v) is 6.54. The van der Waals surface area contributed by atoms with E-state index in [0.29, 0.717) is 5.65 Å². The summed E-state index contributed by atoms with van der Waals surface area (Å²) in [7, 11) is 0. The Balaban J connectivity index is 1.58. The Morgan fingerprint density at radius 1 is 1.04 bits per heavy atom. The standard InChI is InChI=1S/C21H18N6/c1-15(26-11-5-8-16-6-2-3-9-19(16)26)27-14-24-20-21(27)25-18(13-23-20)17-7-4-10-22-12-17/h2-10,12-15H,11H2,1H3. The number of anilines is 1. The molecule has 0 amide bonds. The quantitative estimate of drug-likeness (QED) is 0.558. The molecule has 1 aliphatic heterocycles. The molecule has 0 saturated heterocycles. The lowest BCUT2D eigenvalue weighted by molar-refractivity contribution is 0.532. The number of fused-ring (bicyclic) bond motifs is 2. The summed E-state index contributed by atoms with van der Waals surface area (Å²) in [6.45, 7) is 3.00. The van der Waals surface area contributed by atoms with Crippen molar-refractivity contribution >= 4 is 23.1 Å². The summed E-state index contributed by atoms with van der Waals surface area (Å²) in [5.41, 5.74) is 5.60. The molecule has 27 heavy (non-hydrogen) atoms. The molecular weight excluding hydrogens is 336 g/mol. The van der Waals surface area contributed by atoms with Crippen LogP contribution < -0.4 is 4.90 Å². The number of hydrogen-bond acceptors (Lipinski definition) is 5. The Hall–Kier alpha value is -3.54. The molecule has 132 valence electrons. The van der Waals surface area contributed by atoms with Gasteiger partial charge in [0.25, 0.3) is 0 Å². The van der Waals surface area contributed by atoms with E-state index >= 15 is 0 Å². The maximum atomic E-state index is 4.83. The maximum Gasteiger partial charge on any atom is 0.197 e. The molecule has 1 aromatic carbocycles. The van der Waals surface area contributed by atoms with Crippen molar-refractivity contribution < 1.29 is 0 Å². The number of benzene rings is 1. The normalized spacial score (nSPS) is 14.3. The molecule has 3 aromatic heterocycles. The molecule has 6 heteroatoms. The number of aromatic nitrogens is 5. The van der Waals surface area contributed by atoms with Gasteiger partial charge in [0.15, 0.2) is 11.3 Å². The van der Waals surface area contributed by atoms with Crippen LogP contribution in [-0.4, -0.2) is 31.0 Å². The highest BCUT2D eigenvalue weighted by atomic mass is 15.3. The van der Waals surface area contributed by atoms with Crippen molar-refractivity contribution in [1.82, 2.24) is 24.5 Å². The van der Waals surface area contributed by atoms with E-state index in [2.05, 4.69) is 67.8 Å². The van der Waals surface area contributed by atoms with Crippen LogP contribution in [0.4, 0.5) is 5.69 Å². The zero-order valence-corrected chi connectivity index (χ0v) is 14.9. The van der Waals surface area contributed by atoms with Crippen molar-refractivity contribution in [1.29, 1.82) is 0 Å². The summed E-state index contributed by atoms with van der Waals surface area (Å²) in [5, 5.41) is 0. The van der Waals surface area contributed by atoms with Gasteiger partial charge in [-0.15, -0.1) is 0 Å². The molecule has 0 radical (unpaired) electrons. The second kappa shape index (κ2) is 6.32. The number of pyridine rings is 1. The molecule has 0 bridgehead atoms. The third-order valence-corrected chi connectivity index (χ3v) is 4.94. The SMILES string of the molecule is CC(N1CC=Cc2ccccc21)n1cnc2ncc(-c3cccnc3)nc21. The molecule has 6 nitrogen and oxygen atoms in total. The van der Waals surface area contributed by atoms with Gasteiger partial charge < -0.3 is 4.90 Å². The van der Waals surface area contributed by atoms with Gasteiger partial charge in [-0.05, 0) is 30.7 Å². The Bertz CT molecular complexity index is 1130. The largest absolute Gasteiger partial charge is 0.347 e. The molecule has 0 N–H and O–H groups in total. The van der Waals surface area contributed by atoms with Crippen LogP contribution in [0.1, 0.15) is 18.7 Å². The Morgan fingerprint density at radius 2 is 1.96 bits per heavy atom. The highest BCUT2D eigenvalue weighted by Crippen LogP contribution is 2.31. The second-order valence-electron chi connectivity index (χ2n) is 6.54. The third kappa shape index (κ3) is 2.66. The first kappa shape index (κ1) is 15.7. The lowest BCUT2D eigenvalue weighted by Crippen LogP contribution is -2.32. The summed E-state index contributed by atoms with van der Waals surface area (Å²) in [6.07, 6.45) is 11.5. The summed E-state index contributed by atoms with van der Waals surface area (Å²) >= 11 is 0. The van der Waals surface area contributed by atoms with E-state index in [1.54, 1.807) is 18.6 Å². The molecule has 0 fully saturated rings. The van der Waals surface area contributed by atoms with Gasteiger partial charge in [-0.25, -0.2) is 15.0 Å². The van der Waals surface area contributed by atoms with Gasteiger partial charge in [-0.3, -0.25) is 9.55 Å². The fourth-order valence-electron chi connectivity index (χ4n) is 3.52. The number of hydrogen-bond donors (Lipinski definition) is 0. The number of para-hydroxylation sites is 1. The molecule has 5 rings (SSSR count). The first-order valence-corrected chi connectivity index (χ1v) is 8.93. The Labute approximate surface area is 156 Å². The van der Waals surface area contributed by atoms with E-state index in [4.69, 9.17) is 4.98 Å². The third-order valence-electron chi connectivity index (χ3n) is 4.94. The molecular formula is C21H18N6. The Morgan fingerprint density at radius 3 is 2.85 bits per heavy atom. The van der Waals surface area contributed by atoms with Crippen LogP contribution >= 0.6 is 0 Å². The van der Waals surface area contributed by atoms with Gasteiger partial charge >= 0.3 is 0 Å². The molecule has 1 unspecified atom stereocenters. The monoisotopic (exact) mass is 354 g/mol. The molecule has 4 heterocycles. The van der Waals surface area contributed by atoms with E-state index in [0.717, 1.165) is 23.4 Å². The van der Waals surface area contributed by atoms with Gasteiger partial charge in [0.1, 0.15) is 12.5 Å². The summed E-state index contributed by atoms with van der Waals surface area (Å²) in [6, 6.07) is 12.3. The average Bonchev–Trinajstić information content (AvgIpc) is 3.17. The van der Waals surface area contributed by atoms with Gasteiger partial charge in [0, 0.05) is 30.2 Å². The number of rotatable bonds is 3. The van der Waals surface area contributed by atoms with Crippen molar-refractivity contribution in [2.45, 2.75) is 13.1 Å². The molecule has 0 saturated carbocycles.